The van der Waals surface area contributed by atoms with Crippen molar-refractivity contribution in [3.05, 3.63) is 0 Å². The molecule has 4 heteroatoms. The Balaban J connectivity index is 3.77. The normalized spacial score (nSPS) is 13.1. The molecule has 1 amide bonds. The maximum absolute atomic E-state index is 11.0. The topological polar surface area (TPSA) is 61.4 Å². The lowest BCUT2D eigenvalue weighted by atomic mass is 10.1. The molecule has 12 heavy (non-hydrogen) atoms. The second-order valence-corrected chi connectivity index (χ2v) is 3.13. The molecule has 0 spiro atoms. The van der Waals surface area contributed by atoms with E-state index in [4.69, 9.17) is 5.11 Å². The summed E-state index contributed by atoms with van der Waals surface area (Å²) in [6.07, 6.45) is 0. The Morgan fingerprint density at radius 3 is 2.42 bits per heavy atom. The van der Waals surface area contributed by atoms with Gasteiger partial charge in [-0.15, -0.1) is 0 Å². The summed E-state index contributed by atoms with van der Waals surface area (Å²) >= 11 is 0. The fourth-order valence-corrected chi connectivity index (χ4v) is 0.841. The Bertz CT molecular complexity index is 137. The second-order valence-electron chi connectivity index (χ2n) is 3.13. The number of rotatable bonds is 5. The average Bonchev–Trinajstić information content (AvgIpc) is 2.00. The van der Waals surface area contributed by atoms with Crippen LogP contribution in [0, 0.1) is 5.92 Å². The van der Waals surface area contributed by atoms with Gasteiger partial charge in [0.25, 0.3) is 0 Å². The van der Waals surface area contributed by atoms with E-state index in [1.807, 2.05) is 13.8 Å². The van der Waals surface area contributed by atoms with Crippen LogP contribution >= 0.6 is 0 Å². The summed E-state index contributed by atoms with van der Waals surface area (Å²) in [6, 6.07) is -0.133. The van der Waals surface area contributed by atoms with Gasteiger partial charge in [0.05, 0.1) is 19.2 Å². The Kier molecular flexibility index (Phi) is 5.66. The summed E-state index contributed by atoms with van der Waals surface area (Å²) < 4.78 is 0. The van der Waals surface area contributed by atoms with Crippen molar-refractivity contribution < 1.29 is 9.90 Å². The van der Waals surface area contributed by atoms with Gasteiger partial charge in [-0.25, -0.2) is 0 Å². The van der Waals surface area contributed by atoms with Gasteiger partial charge in [-0.2, -0.15) is 0 Å². The predicted molar refractivity (Wildman–Crippen MR) is 47.8 cm³/mol. The molecule has 72 valence electrons. The van der Waals surface area contributed by atoms with Crippen LogP contribution in [0.2, 0.25) is 0 Å². The van der Waals surface area contributed by atoms with Crippen LogP contribution in [0.1, 0.15) is 13.8 Å². The summed E-state index contributed by atoms with van der Waals surface area (Å²) in [5.74, 6) is 0.182. The summed E-state index contributed by atoms with van der Waals surface area (Å²) in [5.41, 5.74) is 0. The molecule has 0 saturated carbocycles. The summed E-state index contributed by atoms with van der Waals surface area (Å²) in [5, 5.41) is 14.3. The molecule has 0 rings (SSSR count). The van der Waals surface area contributed by atoms with Gasteiger partial charge in [-0.3, -0.25) is 4.79 Å². The van der Waals surface area contributed by atoms with E-state index in [0.717, 1.165) is 0 Å². The maximum atomic E-state index is 11.0. The van der Waals surface area contributed by atoms with Gasteiger partial charge in [0.2, 0.25) is 5.91 Å². The predicted octanol–water partition coefficient (Wildman–Crippen LogP) is -0.661. The van der Waals surface area contributed by atoms with Gasteiger partial charge in [0.15, 0.2) is 0 Å². The lowest BCUT2D eigenvalue weighted by Gasteiger charge is -2.19. The molecule has 0 aromatic carbocycles. The van der Waals surface area contributed by atoms with E-state index in [1.54, 1.807) is 7.05 Å². The molecular formula is C8H18N2O2. The fraction of sp³-hybridized carbons (Fsp3) is 0.875. The third kappa shape index (κ3) is 4.31. The zero-order valence-electron chi connectivity index (χ0n) is 7.92. The fourth-order valence-electron chi connectivity index (χ4n) is 0.841. The third-order valence-corrected chi connectivity index (χ3v) is 1.69. The van der Waals surface area contributed by atoms with E-state index in [1.165, 1.54) is 0 Å². The van der Waals surface area contributed by atoms with Crippen molar-refractivity contribution in [2.24, 2.45) is 5.92 Å². The first-order chi connectivity index (χ1) is 5.61. The molecule has 0 unspecified atom stereocenters. The molecule has 4 nitrogen and oxygen atoms in total. The lowest BCUT2D eigenvalue weighted by molar-refractivity contribution is -0.121. The lowest BCUT2D eigenvalue weighted by Crippen LogP contribution is -2.44. The summed E-state index contributed by atoms with van der Waals surface area (Å²) in [6.45, 7) is 4.21. The van der Waals surface area contributed by atoms with Gasteiger partial charge >= 0.3 is 0 Å². The van der Waals surface area contributed by atoms with E-state index in [9.17, 15) is 4.79 Å². The highest BCUT2D eigenvalue weighted by atomic mass is 16.3. The highest BCUT2D eigenvalue weighted by Crippen LogP contribution is 1.99. The number of aliphatic hydroxyl groups is 1. The number of likely N-dealkylation sites (N-methyl/N-ethyl adjacent to an activating group) is 1. The van der Waals surface area contributed by atoms with Crippen molar-refractivity contribution in [3.8, 4) is 0 Å². The van der Waals surface area contributed by atoms with Crippen molar-refractivity contribution in [1.82, 2.24) is 10.6 Å². The van der Waals surface area contributed by atoms with Crippen LogP contribution in [0.3, 0.4) is 0 Å². The summed E-state index contributed by atoms with van der Waals surface area (Å²) in [7, 11) is 1.71. The van der Waals surface area contributed by atoms with E-state index < -0.39 is 0 Å². The molecule has 0 aromatic rings. The van der Waals surface area contributed by atoms with Gasteiger partial charge in [0.1, 0.15) is 0 Å². The van der Waals surface area contributed by atoms with Gasteiger partial charge in [-0.05, 0) is 13.0 Å². The zero-order valence-corrected chi connectivity index (χ0v) is 7.92. The smallest absolute Gasteiger partial charge is 0.234 e. The Labute approximate surface area is 73.3 Å². The largest absolute Gasteiger partial charge is 0.394 e. The zero-order chi connectivity index (χ0) is 9.56. The number of carbonyl (C=O) groups is 1. The third-order valence-electron chi connectivity index (χ3n) is 1.69. The molecule has 0 bridgehead atoms. The first-order valence-electron chi connectivity index (χ1n) is 4.16. The highest BCUT2D eigenvalue weighted by Gasteiger charge is 2.13. The Hall–Kier alpha value is -0.610. The minimum atomic E-state index is -0.133. The van der Waals surface area contributed by atoms with Gasteiger partial charge in [-0.1, -0.05) is 13.8 Å². The molecule has 0 aliphatic carbocycles. The second kappa shape index (κ2) is 5.97. The van der Waals surface area contributed by atoms with Crippen molar-refractivity contribution in [2.45, 2.75) is 19.9 Å². The van der Waals surface area contributed by atoms with Crippen LogP contribution in [0.5, 0.6) is 0 Å². The van der Waals surface area contributed by atoms with Crippen molar-refractivity contribution in [1.29, 1.82) is 0 Å². The molecule has 0 aromatic heterocycles. The SMILES string of the molecule is CNCC(=O)N[C@H](CO)C(C)C. The minimum absolute atomic E-state index is 0.00682. The van der Waals surface area contributed by atoms with Crippen molar-refractivity contribution in [3.63, 3.8) is 0 Å². The van der Waals surface area contributed by atoms with Crippen LogP contribution in [0.15, 0.2) is 0 Å². The number of aliphatic hydroxyl groups excluding tert-OH is 1. The van der Waals surface area contributed by atoms with Crippen LogP contribution < -0.4 is 10.6 Å². The number of carbonyl (C=O) groups excluding carboxylic acids is 1. The van der Waals surface area contributed by atoms with E-state index in [-0.39, 0.29) is 24.5 Å². The number of hydrogen-bond donors (Lipinski definition) is 3. The molecule has 0 radical (unpaired) electrons. The highest BCUT2D eigenvalue weighted by molar-refractivity contribution is 5.78. The molecule has 0 fully saturated rings. The number of nitrogens with one attached hydrogen (secondary N) is 2. The summed E-state index contributed by atoms with van der Waals surface area (Å²) in [4.78, 5) is 11.0. The van der Waals surface area contributed by atoms with E-state index in [2.05, 4.69) is 10.6 Å². The van der Waals surface area contributed by atoms with Crippen molar-refractivity contribution in [2.75, 3.05) is 20.2 Å². The molecule has 1 atom stereocenters. The first kappa shape index (κ1) is 11.4. The number of amides is 1. The van der Waals surface area contributed by atoms with E-state index >= 15 is 0 Å². The molecular weight excluding hydrogens is 156 g/mol. The van der Waals surface area contributed by atoms with E-state index in [0.29, 0.717) is 6.54 Å². The van der Waals surface area contributed by atoms with Gasteiger partial charge < -0.3 is 15.7 Å². The van der Waals surface area contributed by atoms with Crippen LogP contribution in [-0.4, -0.2) is 37.3 Å². The Morgan fingerprint density at radius 2 is 2.08 bits per heavy atom. The number of hydrogen-bond acceptors (Lipinski definition) is 3. The van der Waals surface area contributed by atoms with Crippen LogP contribution in [0.25, 0.3) is 0 Å². The van der Waals surface area contributed by atoms with Gasteiger partial charge in [0, 0.05) is 0 Å². The monoisotopic (exact) mass is 174 g/mol. The quantitative estimate of drug-likeness (QED) is 0.518. The Morgan fingerprint density at radius 1 is 1.50 bits per heavy atom. The molecule has 0 saturated heterocycles. The average molecular weight is 174 g/mol. The molecule has 0 aliphatic heterocycles. The first-order valence-corrected chi connectivity index (χ1v) is 4.16. The minimum Gasteiger partial charge on any atom is -0.394 e. The molecule has 0 aliphatic rings. The maximum Gasteiger partial charge on any atom is 0.234 e. The van der Waals surface area contributed by atoms with Crippen molar-refractivity contribution >= 4 is 5.91 Å². The molecule has 0 heterocycles. The van der Waals surface area contributed by atoms with Crippen LogP contribution in [-0.2, 0) is 4.79 Å². The standard InChI is InChI=1S/C8H18N2O2/c1-6(2)7(5-11)10-8(12)4-9-3/h6-7,9,11H,4-5H2,1-3H3,(H,10,12)/t7-/m1/s1. The molecule has 3 N–H and O–H groups in total. The van der Waals surface area contributed by atoms with Crippen LogP contribution in [0.4, 0.5) is 0 Å².